The Morgan fingerprint density at radius 2 is 1.90 bits per heavy atom. The number of hydrogen-bond donors (Lipinski definition) is 1. The van der Waals surface area contributed by atoms with Gasteiger partial charge in [-0.15, -0.1) is 0 Å². The molecule has 0 spiro atoms. The van der Waals surface area contributed by atoms with Crippen LogP contribution in [0.2, 0.25) is 0 Å². The normalized spacial score (nSPS) is 22.2. The summed E-state index contributed by atoms with van der Waals surface area (Å²) in [7, 11) is -3.31. The lowest BCUT2D eigenvalue weighted by atomic mass is 9.90. The third-order valence-electron chi connectivity index (χ3n) is 7.85. The number of carbonyl (C=O) groups is 1. The molecule has 1 fully saturated rings. The lowest BCUT2D eigenvalue weighted by molar-refractivity contribution is -0.00338. The Morgan fingerprint density at radius 3 is 2.60 bits per heavy atom. The van der Waals surface area contributed by atoms with Gasteiger partial charge in [-0.05, 0) is 75.3 Å². The molecule has 2 aliphatic rings. The van der Waals surface area contributed by atoms with Crippen LogP contribution < -0.4 is 4.72 Å². The van der Waals surface area contributed by atoms with E-state index in [4.69, 9.17) is 9.47 Å². The number of likely N-dealkylation sites (tertiary alicyclic amines) is 1. The maximum absolute atomic E-state index is 12.5. The highest BCUT2D eigenvalue weighted by atomic mass is 32.2. The van der Waals surface area contributed by atoms with Gasteiger partial charge in [0.15, 0.2) is 0 Å². The second-order valence-corrected chi connectivity index (χ2v) is 14.3. The summed E-state index contributed by atoms with van der Waals surface area (Å²) in [5.74, 6) is 0.0754. The van der Waals surface area contributed by atoms with E-state index in [0.29, 0.717) is 6.61 Å². The first-order valence-electron chi connectivity index (χ1n) is 14.7. The molecule has 10 heteroatoms. The van der Waals surface area contributed by atoms with E-state index in [2.05, 4.69) is 39.0 Å². The highest BCUT2D eigenvalue weighted by Gasteiger charge is 2.32. The van der Waals surface area contributed by atoms with Gasteiger partial charge < -0.3 is 9.47 Å². The molecule has 3 atom stereocenters. The van der Waals surface area contributed by atoms with E-state index in [-0.39, 0.29) is 18.1 Å². The second kappa shape index (κ2) is 12.7. The highest BCUT2D eigenvalue weighted by Crippen LogP contribution is 2.31. The van der Waals surface area contributed by atoms with Crippen molar-refractivity contribution in [1.82, 2.24) is 19.4 Å². The van der Waals surface area contributed by atoms with E-state index >= 15 is 0 Å². The molecular formula is C32H42N4O5S. The van der Waals surface area contributed by atoms with Crippen LogP contribution in [0.25, 0.3) is 16.5 Å². The van der Waals surface area contributed by atoms with E-state index in [1.165, 1.54) is 22.1 Å². The quantitative estimate of drug-likeness (QED) is 0.382. The predicted octanol–water partition coefficient (Wildman–Crippen LogP) is 5.21. The highest BCUT2D eigenvalue weighted by molar-refractivity contribution is 7.88. The van der Waals surface area contributed by atoms with Crippen LogP contribution in [-0.2, 0) is 26.0 Å². The van der Waals surface area contributed by atoms with Crippen LogP contribution in [0.1, 0.15) is 57.6 Å². The van der Waals surface area contributed by atoms with E-state index in [1.54, 1.807) is 6.20 Å². The Kier molecular flexibility index (Phi) is 9.17. The Bertz CT molecular complexity index is 1530. The van der Waals surface area contributed by atoms with Crippen LogP contribution >= 0.6 is 0 Å². The van der Waals surface area contributed by atoms with Gasteiger partial charge in [0, 0.05) is 37.0 Å². The minimum atomic E-state index is -3.31. The van der Waals surface area contributed by atoms with Gasteiger partial charge in [0.25, 0.3) is 0 Å². The SMILES string of the molecule is CC(C)(C)OC(=O)n1ncc2cc(C3=CCC(OC[C@@H]4CN(Cc5ccccc5)CC[C@@H]4NS(C)(=O)=O)CC3)ccc21. The molecular weight excluding hydrogens is 552 g/mol. The molecule has 9 nitrogen and oxygen atoms in total. The van der Waals surface area contributed by atoms with Gasteiger partial charge in [0.2, 0.25) is 10.0 Å². The summed E-state index contributed by atoms with van der Waals surface area (Å²) in [6.07, 6.45) is 8.11. The van der Waals surface area contributed by atoms with Crippen molar-refractivity contribution in [3.63, 3.8) is 0 Å². The first kappa shape index (κ1) is 30.4. The number of fused-ring (bicyclic) bond motifs is 1. The van der Waals surface area contributed by atoms with Crippen molar-refractivity contribution in [3.05, 3.63) is 71.9 Å². The molecule has 0 bridgehead atoms. The van der Waals surface area contributed by atoms with Gasteiger partial charge in [-0.2, -0.15) is 9.78 Å². The van der Waals surface area contributed by atoms with Gasteiger partial charge in [-0.3, -0.25) is 4.90 Å². The second-order valence-electron chi connectivity index (χ2n) is 12.5. The molecule has 2 aromatic carbocycles. The number of nitrogens with zero attached hydrogens (tertiary/aromatic N) is 3. The number of hydrogen-bond acceptors (Lipinski definition) is 7. The summed E-state index contributed by atoms with van der Waals surface area (Å²) >= 11 is 0. The van der Waals surface area contributed by atoms with E-state index in [9.17, 15) is 13.2 Å². The number of aromatic nitrogens is 2. The molecule has 1 saturated heterocycles. The number of rotatable bonds is 8. The minimum absolute atomic E-state index is 0.0754. The molecule has 1 aliphatic heterocycles. The largest absolute Gasteiger partial charge is 0.442 e. The maximum atomic E-state index is 12.5. The molecule has 1 aromatic heterocycles. The van der Waals surface area contributed by atoms with Crippen molar-refractivity contribution >= 4 is 32.6 Å². The fourth-order valence-electron chi connectivity index (χ4n) is 5.86. The third kappa shape index (κ3) is 8.06. The van der Waals surface area contributed by atoms with Crippen molar-refractivity contribution in [1.29, 1.82) is 0 Å². The van der Waals surface area contributed by atoms with Crippen LogP contribution in [0, 0.1) is 5.92 Å². The maximum Gasteiger partial charge on any atom is 0.435 e. The molecule has 1 unspecified atom stereocenters. The Hall–Kier alpha value is -3.05. The third-order valence-corrected chi connectivity index (χ3v) is 8.58. The van der Waals surface area contributed by atoms with E-state index in [0.717, 1.165) is 61.8 Å². The van der Waals surface area contributed by atoms with E-state index < -0.39 is 21.7 Å². The predicted molar refractivity (Wildman–Crippen MR) is 165 cm³/mol. The average Bonchev–Trinajstić information content (AvgIpc) is 3.36. The molecule has 2 heterocycles. The standard InChI is InChI=1S/C32H42N4O5S/c1-32(2,3)41-31(37)36-30-15-12-25(18-26(30)19-33-36)24-10-13-28(14-11-24)40-22-27-21-35(20-23-8-6-5-7-9-23)17-16-29(27)34-42(4,38)39/h5-10,12,15,18-19,27-29,34H,11,13-14,16-17,20-22H2,1-4H3/t27-,28?,29-/m0/s1. The summed E-state index contributed by atoms with van der Waals surface area (Å²) in [5.41, 5.74) is 3.75. The van der Waals surface area contributed by atoms with Gasteiger partial charge in [0.1, 0.15) is 5.60 Å². The van der Waals surface area contributed by atoms with Crippen LogP contribution in [0.4, 0.5) is 4.79 Å². The molecule has 0 radical (unpaired) electrons. The van der Waals surface area contributed by atoms with Gasteiger partial charge >= 0.3 is 6.09 Å². The number of nitrogens with one attached hydrogen (secondary N) is 1. The van der Waals surface area contributed by atoms with E-state index in [1.807, 2.05) is 51.1 Å². The molecule has 226 valence electrons. The van der Waals surface area contributed by atoms with Crippen molar-refractivity contribution in [2.24, 2.45) is 5.92 Å². The summed E-state index contributed by atoms with van der Waals surface area (Å²) in [6.45, 7) is 8.50. The topological polar surface area (TPSA) is 103 Å². The van der Waals surface area contributed by atoms with Crippen LogP contribution in [0.15, 0.2) is 60.8 Å². The van der Waals surface area contributed by atoms with Crippen LogP contribution in [0.5, 0.6) is 0 Å². The zero-order chi connectivity index (χ0) is 29.9. The lowest BCUT2D eigenvalue weighted by Gasteiger charge is -2.39. The van der Waals surface area contributed by atoms with Crippen molar-refractivity contribution in [3.8, 4) is 0 Å². The molecule has 3 aromatic rings. The van der Waals surface area contributed by atoms with Crippen molar-refractivity contribution in [2.45, 2.75) is 70.7 Å². The molecule has 0 amide bonds. The molecule has 1 N–H and O–H groups in total. The number of ether oxygens (including phenoxy) is 2. The number of benzene rings is 2. The summed E-state index contributed by atoms with van der Waals surface area (Å²) < 4.78 is 40.2. The monoisotopic (exact) mass is 594 g/mol. The van der Waals surface area contributed by atoms with Gasteiger partial charge in [-0.1, -0.05) is 42.5 Å². The zero-order valence-electron chi connectivity index (χ0n) is 25.0. The first-order valence-corrected chi connectivity index (χ1v) is 16.6. The zero-order valence-corrected chi connectivity index (χ0v) is 25.8. The number of allylic oxidation sites excluding steroid dienone is 1. The minimum Gasteiger partial charge on any atom is -0.442 e. The number of piperidine rings is 1. The van der Waals surface area contributed by atoms with Crippen molar-refractivity contribution < 1.29 is 22.7 Å². The molecule has 5 rings (SSSR count). The summed E-state index contributed by atoms with van der Waals surface area (Å²) in [6, 6.07) is 16.3. The Morgan fingerprint density at radius 1 is 1.12 bits per heavy atom. The van der Waals surface area contributed by atoms with Gasteiger partial charge in [-0.25, -0.2) is 17.9 Å². The molecule has 42 heavy (non-hydrogen) atoms. The Labute approximate surface area is 248 Å². The Balaban J connectivity index is 1.20. The molecule has 0 saturated carbocycles. The van der Waals surface area contributed by atoms with Crippen LogP contribution in [-0.4, -0.2) is 72.9 Å². The van der Waals surface area contributed by atoms with Gasteiger partial charge in [0.05, 0.1) is 30.7 Å². The molecule has 1 aliphatic carbocycles. The number of sulfonamides is 1. The smallest absolute Gasteiger partial charge is 0.435 e. The fraction of sp³-hybridized carbons (Fsp3) is 0.500. The summed E-state index contributed by atoms with van der Waals surface area (Å²) in [5, 5.41) is 5.15. The lowest BCUT2D eigenvalue weighted by Crippen LogP contribution is -2.52. The number of carbonyl (C=O) groups excluding carboxylic acids is 1. The van der Waals surface area contributed by atoms with Crippen molar-refractivity contribution in [2.75, 3.05) is 26.0 Å². The van der Waals surface area contributed by atoms with Crippen LogP contribution in [0.3, 0.4) is 0 Å². The first-order chi connectivity index (χ1) is 19.9. The average molecular weight is 595 g/mol. The summed E-state index contributed by atoms with van der Waals surface area (Å²) in [4.78, 5) is 14.9. The fourth-order valence-corrected chi connectivity index (χ4v) is 6.72.